The van der Waals surface area contributed by atoms with Gasteiger partial charge in [0.2, 0.25) is 5.91 Å². The van der Waals surface area contributed by atoms with Gasteiger partial charge in [0.25, 0.3) is 0 Å². The predicted molar refractivity (Wildman–Crippen MR) is 73.6 cm³/mol. The van der Waals surface area contributed by atoms with Crippen molar-refractivity contribution in [1.29, 1.82) is 0 Å². The Hall–Kier alpha value is -1.55. The van der Waals surface area contributed by atoms with E-state index < -0.39 is 0 Å². The number of methoxy groups -OCH3 is 1. The summed E-state index contributed by atoms with van der Waals surface area (Å²) in [6, 6.07) is 8.35. The minimum Gasteiger partial charge on any atom is -0.383 e. The number of ether oxygens (including phenoxy) is 1. The van der Waals surface area contributed by atoms with Gasteiger partial charge >= 0.3 is 0 Å². The molecular weight excluding hydrogens is 228 g/mol. The van der Waals surface area contributed by atoms with Crippen LogP contribution in [0.3, 0.4) is 0 Å². The summed E-state index contributed by atoms with van der Waals surface area (Å²) in [6.45, 7) is 4.93. The monoisotopic (exact) mass is 250 g/mol. The van der Waals surface area contributed by atoms with Crippen molar-refractivity contribution in [2.75, 3.05) is 26.1 Å². The summed E-state index contributed by atoms with van der Waals surface area (Å²) in [5.74, 6) is 0.0705. The van der Waals surface area contributed by atoms with Crippen LogP contribution >= 0.6 is 0 Å². The Balaban J connectivity index is 2.64. The Morgan fingerprint density at radius 1 is 1.50 bits per heavy atom. The number of benzene rings is 1. The first-order valence-corrected chi connectivity index (χ1v) is 6.09. The van der Waals surface area contributed by atoms with Gasteiger partial charge in [-0.3, -0.25) is 4.79 Å². The number of rotatable bonds is 6. The molecule has 0 fully saturated rings. The lowest BCUT2D eigenvalue weighted by Crippen LogP contribution is -2.23. The fourth-order valence-corrected chi connectivity index (χ4v) is 1.72. The Labute approximate surface area is 109 Å². The van der Waals surface area contributed by atoms with E-state index in [1.165, 1.54) is 0 Å². The molecule has 0 spiro atoms. The number of hydrogen-bond acceptors (Lipinski definition) is 3. The van der Waals surface area contributed by atoms with Gasteiger partial charge in [-0.15, -0.1) is 0 Å². The molecule has 1 N–H and O–H groups in total. The molecule has 1 aromatic rings. The normalized spacial score (nSPS) is 12.0. The van der Waals surface area contributed by atoms with Crippen molar-refractivity contribution >= 4 is 11.6 Å². The quantitative estimate of drug-likeness (QED) is 0.840. The second kappa shape index (κ2) is 7.01. The number of nitrogens with zero attached hydrogens (tertiary/aromatic N) is 1. The number of hydrogen-bond donors (Lipinski definition) is 1. The van der Waals surface area contributed by atoms with Crippen molar-refractivity contribution < 1.29 is 9.53 Å². The molecule has 1 aromatic carbocycles. The standard InChI is InChI=1S/C14H22N2O2/c1-11(10-18-4)15-14-7-5-6-13(8-14)9-16(3)12(2)17/h5-8,11,15H,9-10H2,1-4H3. The molecule has 0 saturated carbocycles. The SMILES string of the molecule is COCC(C)Nc1cccc(CN(C)C(C)=O)c1. The molecule has 0 aliphatic rings. The second-order valence-corrected chi connectivity index (χ2v) is 4.58. The zero-order valence-corrected chi connectivity index (χ0v) is 11.6. The molecular formula is C14H22N2O2. The van der Waals surface area contributed by atoms with Crippen molar-refractivity contribution in [3.05, 3.63) is 29.8 Å². The van der Waals surface area contributed by atoms with Gasteiger partial charge in [0.05, 0.1) is 6.61 Å². The molecule has 18 heavy (non-hydrogen) atoms. The van der Waals surface area contributed by atoms with E-state index in [9.17, 15) is 4.79 Å². The third-order valence-electron chi connectivity index (χ3n) is 2.71. The van der Waals surface area contributed by atoms with E-state index in [1.54, 1.807) is 26.0 Å². The van der Waals surface area contributed by atoms with Crippen molar-refractivity contribution in [3.8, 4) is 0 Å². The highest BCUT2D eigenvalue weighted by molar-refractivity contribution is 5.72. The Morgan fingerprint density at radius 2 is 2.22 bits per heavy atom. The molecule has 0 saturated heterocycles. The van der Waals surface area contributed by atoms with E-state index in [0.29, 0.717) is 13.2 Å². The van der Waals surface area contributed by atoms with Crippen molar-refractivity contribution in [2.45, 2.75) is 26.4 Å². The minimum atomic E-state index is 0.0705. The van der Waals surface area contributed by atoms with Crippen LogP contribution in [0.4, 0.5) is 5.69 Å². The number of nitrogens with one attached hydrogen (secondary N) is 1. The Morgan fingerprint density at radius 3 is 2.83 bits per heavy atom. The average molecular weight is 250 g/mol. The van der Waals surface area contributed by atoms with Crippen LogP contribution in [0.25, 0.3) is 0 Å². The van der Waals surface area contributed by atoms with Crippen LogP contribution < -0.4 is 5.32 Å². The van der Waals surface area contributed by atoms with Crippen LogP contribution in [-0.2, 0) is 16.1 Å². The number of carbonyl (C=O) groups is 1. The summed E-state index contributed by atoms with van der Waals surface area (Å²) in [5.41, 5.74) is 2.16. The molecule has 1 amide bonds. The first-order chi connectivity index (χ1) is 8.52. The van der Waals surface area contributed by atoms with E-state index in [1.807, 2.05) is 18.2 Å². The van der Waals surface area contributed by atoms with Crippen LogP contribution in [0, 0.1) is 0 Å². The van der Waals surface area contributed by atoms with Gasteiger partial charge in [0.1, 0.15) is 0 Å². The molecule has 1 rings (SSSR count). The molecule has 0 aliphatic heterocycles. The highest BCUT2D eigenvalue weighted by atomic mass is 16.5. The lowest BCUT2D eigenvalue weighted by molar-refractivity contribution is -0.128. The van der Waals surface area contributed by atoms with Gasteiger partial charge < -0.3 is 15.0 Å². The molecule has 100 valence electrons. The zero-order chi connectivity index (χ0) is 13.5. The van der Waals surface area contributed by atoms with Gasteiger partial charge in [-0.25, -0.2) is 0 Å². The summed E-state index contributed by atoms with van der Waals surface area (Å²) in [4.78, 5) is 12.9. The molecule has 0 aliphatic carbocycles. The largest absolute Gasteiger partial charge is 0.383 e. The summed E-state index contributed by atoms with van der Waals surface area (Å²) < 4.78 is 5.09. The van der Waals surface area contributed by atoms with Crippen molar-refractivity contribution in [1.82, 2.24) is 4.90 Å². The van der Waals surface area contributed by atoms with E-state index in [0.717, 1.165) is 11.3 Å². The lowest BCUT2D eigenvalue weighted by Gasteiger charge is -2.17. The van der Waals surface area contributed by atoms with Gasteiger partial charge in [-0.2, -0.15) is 0 Å². The topological polar surface area (TPSA) is 41.6 Å². The smallest absolute Gasteiger partial charge is 0.219 e. The molecule has 1 unspecified atom stereocenters. The van der Waals surface area contributed by atoms with Crippen LogP contribution in [0.15, 0.2) is 24.3 Å². The first kappa shape index (κ1) is 14.5. The molecule has 1 atom stereocenters. The maximum Gasteiger partial charge on any atom is 0.219 e. The molecule has 0 aromatic heterocycles. The number of anilines is 1. The fourth-order valence-electron chi connectivity index (χ4n) is 1.72. The van der Waals surface area contributed by atoms with Gasteiger partial charge in [-0.05, 0) is 24.6 Å². The Kier molecular flexibility index (Phi) is 5.65. The first-order valence-electron chi connectivity index (χ1n) is 6.09. The van der Waals surface area contributed by atoms with Crippen LogP contribution in [0.5, 0.6) is 0 Å². The van der Waals surface area contributed by atoms with Gasteiger partial charge in [-0.1, -0.05) is 12.1 Å². The fraction of sp³-hybridized carbons (Fsp3) is 0.500. The third kappa shape index (κ3) is 4.75. The highest BCUT2D eigenvalue weighted by Crippen LogP contribution is 2.13. The molecule has 0 heterocycles. The molecule has 4 heteroatoms. The van der Waals surface area contributed by atoms with Crippen molar-refractivity contribution in [3.63, 3.8) is 0 Å². The average Bonchev–Trinajstić information content (AvgIpc) is 2.29. The summed E-state index contributed by atoms with van der Waals surface area (Å²) >= 11 is 0. The summed E-state index contributed by atoms with van der Waals surface area (Å²) in [6.07, 6.45) is 0. The zero-order valence-electron chi connectivity index (χ0n) is 11.6. The third-order valence-corrected chi connectivity index (χ3v) is 2.71. The predicted octanol–water partition coefficient (Wildman–Crippen LogP) is 2.11. The maximum atomic E-state index is 11.2. The van der Waals surface area contributed by atoms with E-state index in [2.05, 4.69) is 18.3 Å². The maximum absolute atomic E-state index is 11.2. The van der Waals surface area contributed by atoms with Crippen molar-refractivity contribution in [2.24, 2.45) is 0 Å². The van der Waals surface area contributed by atoms with E-state index in [4.69, 9.17) is 4.74 Å². The molecule has 0 radical (unpaired) electrons. The van der Waals surface area contributed by atoms with E-state index >= 15 is 0 Å². The lowest BCUT2D eigenvalue weighted by atomic mass is 10.2. The van der Waals surface area contributed by atoms with Gasteiger partial charge in [0.15, 0.2) is 0 Å². The number of carbonyl (C=O) groups excluding carboxylic acids is 1. The summed E-state index contributed by atoms with van der Waals surface area (Å²) in [7, 11) is 3.49. The Bertz CT molecular complexity index is 393. The summed E-state index contributed by atoms with van der Waals surface area (Å²) in [5, 5.41) is 3.36. The van der Waals surface area contributed by atoms with Crippen LogP contribution in [-0.4, -0.2) is 37.6 Å². The van der Waals surface area contributed by atoms with Gasteiger partial charge in [0, 0.05) is 39.4 Å². The number of amides is 1. The highest BCUT2D eigenvalue weighted by Gasteiger charge is 2.05. The van der Waals surface area contributed by atoms with E-state index in [-0.39, 0.29) is 11.9 Å². The second-order valence-electron chi connectivity index (χ2n) is 4.58. The molecule has 4 nitrogen and oxygen atoms in total. The molecule has 0 bridgehead atoms. The van der Waals surface area contributed by atoms with Crippen LogP contribution in [0.1, 0.15) is 19.4 Å². The minimum absolute atomic E-state index is 0.0705. The van der Waals surface area contributed by atoms with Crippen LogP contribution in [0.2, 0.25) is 0 Å².